The number of thiophene rings is 1. The maximum atomic E-state index is 13.2. The standard InChI is InChI=1S/C24H27N5O2S/c1-16-12-21(32-15-16)24(31)29-10-3-2-4-20(29)22-26-19-14-28(11-7-18(19)23(30)27-22)13-17-5-8-25-9-6-17/h5-6,8-9,12,15,20H,2-4,7,10-11,13-14H2,1H3,(H,26,27,30). The Morgan fingerprint density at radius 1 is 1.25 bits per heavy atom. The lowest BCUT2D eigenvalue weighted by Crippen LogP contribution is -2.41. The summed E-state index contributed by atoms with van der Waals surface area (Å²) < 4.78 is 0. The monoisotopic (exact) mass is 449 g/mol. The van der Waals surface area contributed by atoms with Crippen molar-refractivity contribution in [1.29, 1.82) is 0 Å². The first kappa shape index (κ1) is 21.0. The Morgan fingerprint density at radius 3 is 2.88 bits per heavy atom. The zero-order valence-electron chi connectivity index (χ0n) is 18.2. The number of hydrogen-bond acceptors (Lipinski definition) is 6. The van der Waals surface area contributed by atoms with E-state index in [9.17, 15) is 9.59 Å². The second kappa shape index (κ2) is 8.96. The van der Waals surface area contributed by atoms with Crippen molar-refractivity contribution in [1.82, 2.24) is 24.8 Å². The van der Waals surface area contributed by atoms with E-state index in [1.807, 2.05) is 35.4 Å². The zero-order valence-corrected chi connectivity index (χ0v) is 19.0. The van der Waals surface area contributed by atoms with Gasteiger partial charge in [-0.15, -0.1) is 11.3 Å². The molecule has 1 unspecified atom stereocenters. The highest BCUT2D eigenvalue weighted by Gasteiger charge is 2.32. The summed E-state index contributed by atoms with van der Waals surface area (Å²) in [6.45, 7) is 4.96. The Bertz CT molecular complexity index is 1170. The molecule has 0 aromatic carbocycles. The Morgan fingerprint density at radius 2 is 2.09 bits per heavy atom. The van der Waals surface area contributed by atoms with Crippen molar-refractivity contribution in [2.24, 2.45) is 0 Å². The molecule has 0 aliphatic carbocycles. The third kappa shape index (κ3) is 4.25. The Hall–Kier alpha value is -2.84. The average Bonchev–Trinajstić information content (AvgIpc) is 3.25. The highest BCUT2D eigenvalue weighted by atomic mass is 32.1. The fraction of sp³-hybridized carbons (Fsp3) is 0.417. The zero-order chi connectivity index (χ0) is 22.1. The molecule has 5 heterocycles. The molecule has 1 saturated heterocycles. The van der Waals surface area contributed by atoms with Gasteiger partial charge in [-0.25, -0.2) is 4.98 Å². The molecule has 1 fully saturated rings. The second-order valence-corrected chi connectivity index (χ2v) is 9.60. The van der Waals surface area contributed by atoms with E-state index in [1.165, 1.54) is 16.9 Å². The van der Waals surface area contributed by atoms with Gasteiger partial charge in [-0.3, -0.25) is 19.5 Å². The highest BCUT2D eigenvalue weighted by Crippen LogP contribution is 2.32. The van der Waals surface area contributed by atoms with Gasteiger partial charge in [0.15, 0.2) is 0 Å². The van der Waals surface area contributed by atoms with Crippen LogP contribution < -0.4 is 5.56 Å². The number of nitrogens with one attached hydrogen (secondary N) is 1. The van der Waals surface area contributed by atoms with E-state index < -0.39 is 0 Å². The fourth-order valence-electron chi connectivity index (χ4n) is 4.70. The summed E-state index contributed by atoms with van der Waals surface area (Å²) in [5, 5.41) is 2.00. The molecule has 0 saturated carbocycles. The van der Waals surface area contributed by atoms with Crippen molar-refractivity contribution in [2.45, 2.75) is 51.7 Å². The van der Waals surface area contributed by atoms with Crippen molar-refractivity contribution in [3.63, 3.8) is 0 Å². The van der Waals surface area contributed by atoms with Crippen LogP contribution in [-0.4, -0.2) is 43.7 Å². The fourth-order valence-corrected chi connectivity index (χ4v) is 5.55. The van der Waals surface area contributed by atoms with Crippen molar-refractivity contribution in [2.75, 3.05) is 13.1 Å². The molecular weight excluding hydrogens is 422 g/mol. The number of hydrogen-bond donors (Lipinski definition) is 1. The minimum absolute atomic E-state index is 0.0347. The lowest BCUT2D eigenvalue weighted by atomic mass is 9.99. The number of piperidine rings is 1. The quantitative estimate of drug-likeness (QED) is 0.660. The van der Waals surface area contributed by atoms with Gasteiger partial charge in [-0.1, -0.05) is 0 Å². The predicted molar refractivity (Wildman–Crippen MR) is 124 cm³/mol. The maximum absolute atomic E-state index is 13.2. The summed E-state index contributed by atoms with van der Waals surface area (Å²) in [7, 11) is 0. The average molecular weight is 450 g/mol. The summed E-state index contributed by atoms with van der Waals surface area (Å²) in [5.74, 6) is 0.660. The van der Waals surface area contributed by atoms with Crippen LogP contribution in [0.25, 0.3) is 0 Å². The minimum atomic E-state index is -0.188. The molecule has 32 heavy (non-hydrogen) atoms. The van der Waals surface area contributed by atoms with E-state index in [0.29, 0.717) is 25.3 Å². The van der Waals surface area contributed by atoms with Gasteiger partial charge in [0.25, 0.3) is 11.5 Å². The number of rotatable bonds is 4. The molecule has 1 atom stereocenters. The second-order valence-electron chi connectivity index (χ2n) is 8.69. The van der Waals surface area contributed by atoms with Crippen LogP contribution in [0.2, 0.25) is 0 Å². The molecule has 0 bridgehead atoms. The van der Waals surface area contributed by atoms with Crippen LogP contribution in [0.1, 0.15) is 63.2 Å². The first-order valence-electron chi connectivity index (χ1n) is 11.2. The molecule has 1 amide bonds. The number of aryl methyl sites for hydroxylation is 1. The number of pyridine rings is 1. The Balaban J connectivity index is 1.41. The number of nitrogens with zero attached hydrogens (tertiary/aromatic N) is 4. The molecular formula is C24H27N5O2S. The summed E-state index contributed by atoms with van der Waals surface area (Å²) in [6, 6.07) is 5.79. The number of aromatic nitrogens is 3. The van der Waals surface area contributed by atoms with Crippen LogP contribution in [0.4, 0.5) is 0 Å². The molecule has 166 valence electrons. The number of likely N-dealkylation sites (tertiary alicyclic amines) is 1. The third-order valence-electron chi connectivity index (χ3n) is 6.35. The largest absolute Gasteiger partial charge is 0.328 e. The number of carbonyl (C=O) groups excluding carboxylic acids is 1. The highest BCUT2D eigenvalue weighted by molar-refractivity contribution is 7.12. The molecule has 5 rings (SSSR count). The van der Waals surface area contributed by atoms with Crippen LogP contribution in [-0.2, 0) is 19.5 Å². The molecule has 2 aliphatic heterocycles. The molecule has 8 heteroatoms. The van der Waals surface area contributed by atoms with Gasteiger partial charge < -0.3 is 9.88 Å². The van der Waals surface area contributed by atoms with Gasteiger partial charge in [0.05, 0.1) is 16.6 Å². The summed E-state index contributed by atoms with van der Waals surface area (Å²) in [4.78, 5) is 43.1. The van der Waals surface area contributed by atoms with Gasteiger partial charge in [0.1, 0.15) is 5.82 Å². The van der Waals surface area contributed by atoms with Crippen molar-refractivity contribution in [3.8, 4) is 0 Å². The van der Waals surface area contributed by atoms with E-state index in [4.69, 9.17) is 4.98 Å². The molecule has 1 N–H and O–H groups in total. The first-order chi connectivity index (χ1) is 15.6. The molecule has 0 radical (unpaired) electrons. The van der Waals surface area contributed by atoms with E-state index in [1.54, 1.807) is 12.4 Å². The van der Waals surface area contributed by atoms with Crippen molar-refractivity contribution < 1.29 is 4.79 Å². The maximum Gasteiger partial charge on any atom is 0.264 e. The van der Waals surface area contributed by atoms with Gasteiger partial charge in [0, 0.05) is 44.1 Å². The van der Waals surface area contributed by atoms with E-state index in [-0.39, 0.29) is 17.5 Å². The Labute approximate surface area is 191 Å². The summed E-state index contributed by atoms with van der Waals surface area (Å²) in [6.07, 6.45) is 7.10. The number of amides is 1. The smallest absolute Gasteiger partial charge is 0.264 e. The molecule has 7 nitrogen and oxygen atoms in total. The number of H-pyrrole nitrogens is 1. The summed E-state index contributed by atoms with van der Waals surface area (Å²) in [5.41, 5.74) is 3.86. The van der Waals surface area contributed by atoms with Crippen LogP contribution >= 0.6 is 11.3 Å². The molecule has 3 aromatic heterocycles. The molecule has 3 aromatic rings. The number of aromatic amines is 1. The van der Waals surface area contributed by atoms with Crippen LogP contribution in [0.3, 0.4) is 0 Å². The van der Waals surface area contributed by atoms with Crippen molar-refractivity contribution >= 4 is 17.2 Å². The lowest BCUT2D eigenvalue weighted by Gasteiger charge is -2.35. The van der Waals surface area contributed by atoms with Crippen LogP contribution in [0.5, 0.6) is 0 Å². The Kier molecular flexibility index (Phi) is 5.89. The normalized spacial score (nSPS) is 19.0. The van der Waals surface area contributed by atoms with Gasteiger partial charge >= 0.3 is 0 Å². The summed E-state index contributed by atoms with van der Waals surface area (Å²) >= 11 is 1.48. The topological polar surface area (TPSA) is 82.2 Å². The molecule has 2 aliphatic rings. The van der Waals surface area contributed by atoms with Gasteiger partial charge in [-0.05, 0) is 67.3 Å². The lowest BCUT2D eigenvalue weighted by molar-refractivity contribution is 0.0603. The third-order valence-corrected chi connectivity index (χ3v) is 7.38. The number of carbonyl (C=O) groups is 1. The van der Waals surface area contributed by atoms with Gasteiger partial charge in [0.2, 0.25) is 0 Å². The minimum Gasteiger partial charge on any atom is -0.328 e. The van der Waals surface area contributed by atoms with Gasteiger partial charge in [-0.2, -0.15) is 0 Å². The number of fused-ring (bicyclic) bond motifs is 1. The SMILES string of the molecule is Cc1csc(C(=O)N2CCCCC2c2nc3c(c(=O)[nH]2)CCN(Cc2ccncc2)C3)c1. The first-order valence-corrected chi connectivity index (χ1v) is 12.1. The van der Waals surface area contributed by atoms with Crippen LogP contribution in [0, 0.1) is 6.92 Å². The van der Waals surface area contributed by atoms with E-state index >= 15 is 0 Å². The predicted octanol–water partition coefficient (Wildman–Crippen LogP) is 3.46. The van der Waals surface area contributed by atoms with Crippen LogP contribution in [0.15, 0.2) is 40.8 Å². The van der Waals surface area contributed by atoms with E-state index in [0.717, 1.165) is 54.0 Å². The van der Waals surface area contributed by atoms with Crippen molar-refractivity contribution in [3.05, 3.63) is 79.4 Å². The van der Waals surface area contributed by atoms with E-state index in [2.05, 4.69) is 14.9 Å². The molecule has 0 spiro atoms.